The summed E-state index contributed by atoms with van der Waals surface area (Å²) in [5, 5.41) is 8.79. The van der Waals surface area contributed by atoms with Crippen LogP contribution in [-0.2, 0) is 9.59 Å². The van der Waals surface area contributed by atoms with E-state index in [-0.39, 0.29) is 18.1 Å². The second kappa shape index (κ2) is 3.79. The van der Waals surface area contributed by atoms with Crippen LogP contribution in [0, 0.1) is 0 Å². The van der Waals surface area contributed by atoms with Gasteiger partial charge in [0, 0.05) is 0 Å². The molecule has 2 heterocycles. The molecule has 1 saturated heterocycles. The minimum atomic E-state index is -1.18. The Morgan fingerprint density at radius 2 is 2.11 bits per heavy atom. The van der Waals surface area contributed by atoms with Gasteiger partial charge in [0.25, 0.3) is 11.8 Å². The molecule has 0 bridgehead atoms. The third-order valence-electron chi connectivity index (χ3n) is 2.75. The smallest absolute Gasteiger partial charge is 0.281 e. The maximum absolute atomic E-state index is 12.1. The van der Waals surface area contributed by atoms with E-state index in [0.29, 0.717) is 0 Å². The number of hydrogen-bond acceptors (Lipinski definition) is 7. The van der Waals surface area contributed by atoms with Gasteiger partial charge in [-0.05, 0) is 24.2 Å². The lowest BCUT2D eigenvalue weighted by atomic mass is 9.98. The lowest BCUT2D eigenvalue weighted by Crippen LogP contribution is -2.65. The van der Waals surface area contributed by atoms with Crippen LogP contribution in [0.5, 0.6) is 0 Å². The summed E-state index contributed by atoms with van der Waals surface area (Å²) in [6.45, 7) is 2.76. The number of hydrogen-bond donors (Lipinski definition) is 2. The molecule has 0 unspecified atom stereocenters. The average molecular weight is 253 g/mol. The Hall–Kier alpha value is -2.45. The fraction of sp³-hybridized carbons (Fsp3) is 0.444. The van der Waals surface area contributed by atoms with Gasteiger partial charge in [0.1, 0.15) is 12.1 Å². The Kier molecular flexibility index (Phi) is 2.53. The van der Waals surface area contributed by atoms with Crippen LogP contribution in [0.25, 0.3) is 0 Å². The van der Waals surface area contributed by atoms with Gasteiger partial charge >= 0.3 is 0 Å². The third kappa shape index (κ3) is 1.69. The number of nitrogens with two attached hydrogens (primary N) is 1. The minimum Gasteiger partial charge on any atom is -0.379 e. The lowest BCUT2D eigenvalue weighted by molar-refractivity contribution is -0.143. The van der Waals surface area contributed by atoms with Crippen molar-refractivity contribution in [3.63, 3.8) is 0 Å². The molecule has 0 aromatic carbocycles. The van der Waals surface area contributed by atoms with E-state index in [0.717, 1.165) is 4.90 Å². The van der Waals surface area contributed by atoms with Gasteiger partial charge in [0.05, 0.1) is 0 Å². The number of amides is 3. The summed E-state index contributed by atoms with van der Waals surface area (Å²) in [6, 6.07) is 0. The molecule has 9 heteroatoms. The Morgan fingerprint density at radius 3 is 2.67 bits per heavy atom. The summed E-state index contributed by atoms with van der Waals surface area (Å²) in [6.07, 6.45) is 0. The number of anilines is 1. The van der Waals surface area contributed by atoms with Gasteiger partial charge < -0.3 is 10.6 Å². The number of nitrogens with zero attached hydrogens (tertiary/aromatic N) is 3. The number of nitrogens with one attached hydrogen (secondary N) is 1. The molecule has 0 aliphatic carbocycles. The topological polar surface area (TPSA) is 131 Å². The van der Waals surface area contributed by atoms with Crippen LogP contribution >= 0.6 is 0 Å². The highest BCUT2D eigenvalue weighted by Crippen LogP contribution is 2.21. The first kappa shape index (κ1) is 12.0. The highest BCUT2D eigenvalue weighted by Gasteiger charge is 2.45. The molecule has 0 spiro atoms. The molecule has 18 heavy (non-hydrogen) atoms. The molecule has 96 valence electrons. The second-order valence-electron chi connectivity index (χ2n) is 4.33. The Labute approximate surface area is 101 Å². The number of nitrogen functional groups attached to an aromatic ring is 1. The highest BCUT2D eigenvalue weighted by molar-refractivity contribution is 6.09. The zero-order chi connectivity index (χ0) is 13.5. The van der Waals surface area contributed by atoms with Crippen LogP contribution in [0.15, 0.2) is 4.63 Å². The number of carbonyl (C=O) groups is 3. The molecule has 3 amide bonds. The van der Waals surface area contributed by atoms with Crippen molar-refractivity contribution in [1.82, 2.24) is 20.5 Å². The maximum atomic E-state index is 12.1. The van der Waals surface area contributed by atoms with Gasteiger partial charge in [-0.2, -0.15) is 0 Å². The molecule has 3 N–H and O–H groups in total. The average Bonchev–Trinajstić information content (AvgIpc) is 2.69. The van der Waals surface area contributed by atoms with Crippen LogP contribution in [0.2, 0.25) is 0 Å². The summed E-state index contributed by atoms with van der Waals surface area (Å²) in [5.41, 5.74) is 4.00. The third-order valence-corrected chi connectivity index (χ3v) is 2.75. The van der Waals surface area contributed by atoms with Gasteiger partial charge in [-0.1, -0.05) is 0 Å². The first-order chi connectivity index (χ1) is 8.34. The molecule has 1 aliphatic rings. The summed E-state index contributed by atoms with van der Waals surface area (Å²) < 4.78 is 4.32. The van der Waals surface area contributed by atoms with Crippen LogP contribution in [0.3, 0.4) is 0 Å². The molecule has 1 aliphatic heterocycles. The van der Waals surface area contributed by atoms with Crippen molar-refractivity contribution in [2.24, 2.45) is 0 Å². The minimum absolute atomic E-state index is 0.186. The number of carbonyl (C=O) groups excluding carboxylic acids is 3. The van der Waals surface area contributed by atoms with Crippen molar-refractivity contribution in [2.45, 2.75) is 19.4 Å². The van der Waals surface area contributed by atoms with Crippen LogP contribution in [0.1, 0.15) is 24.3 Å². The fourth-order valence-corrected chi connectivity index (χ4v) is 1.58. The molecule has 9 nitrogen and oxygen atoms in total. The number of imide groups is 1. The van der Waals surface area contributed by atoms with E-state index in [1.165, 1.54) is 13.8 Å². The van der Waals surface area contributed by atoms with E-state index in [1.807, 2.05) is 0 Å². The summed E-state index contributed by atoms with van der Waals surface area (Å²) in [5.74, 6) is -2.00. The Morgan fingerprint density at radius 1 is 1.44 bits per heavy atom. The number of piperazine rings is 1. The predicted octanol–water partition coefficient (Wildman–Crippen LogP) is -1.47. The van der Waals surface area contributed by atoms with E-state index in [4.69, 9.17) is 5.73 Å². The molecule has 0 saturated carbocycles. The highest BCUT2D eigenvalue weighted by atomic mass is 16.6. The van der Waals surface area contributed by atoms with Crippen molar-refractivity contribution in [1.29, 1.82) is 0 Å². The lowest BCUT2D eigenvalue weighted by Gasteiger charge is -2.39. The van der Waals surface area contributed by atoms with E-state index in [9.17, 15) is 14.4 Å². The quantitative estimate of drug-likeness (QED) is 0.584. The predicted molar refractivity (Wildman–Crippen MR) is 57.0 cm³/mol. The van der Waals surface area contributed by atoms with Gasteiger partial charge in [-0.3, -0.25) is 19.7 Å². The molecule has 1 fully saturated rings. The zero-order valence-electron chi connectivity index (χ0n) is 9.76. The Bertz CT molecular complexity index is 535. The van der Waals surface area contributed by atoms with Gasteiger partial charge in [-0.15, -0.1) is 0 Å². The zero-order valence-corrected chi connectivity index (χ0v) is 9.76. The fourth-order valence-electron chi connectivity index (χ4n) is 1.58. The largest absolute Gasteiger partial charge is 0.379 e. The monoisotopic (exact) mass is 253 g/mol. The molecular weight excluding hydrogens is 242 g/mol. The molecule has 1 aromatic rings. The molecular formula is C9H11N5O4. The first-order valence-corrected chi connectivity index (χ1v) is 5.08. The van der Waals surface area contributed by atoms with E-state index in [2.05, 4.69) is 20.3 Å². The summed E-state index contributed by atoms with van der Waals surface area (Å²) in [4.78, 5) is 36.2. The Balaban J connectivity index is 2.37. The number of aromatic nitrogens is 2. The molecule has 0 radical (unpaired) electrons. The van der Waals surface area contributed by atoms with E-state index >= 15 is 0 Å². The van der Waals surface area contributed by atoms with Gasteiger partial charge in [-0.25, -0.2) is 4.63 Å². The van der Waals surface area contributed by atoms with Crippen LogP contribution < -0.4 is 11.1 Å². The van der Waals surface area contributed by atoms with Crippen molar-refractivity contribution >= 4 is 23.5 Å². The van der Waals surface area contributed by atoms with Crippen molar-refractivity contribution in [3.8, 4) is 0 Å². The van der Waals surface area contributed by atoms with E-state index < -0.39 is 23.3 Å². The van der Waals surface area contributed by atoms with Gasteiger partial charge in [0.2, 0.25) is 17.4 Å². The van der Waals surface area contributed by atoms with Crippen LogP contribution in [-0.4, -0.2) is 45.0 Å². The first-order valence-electron chi connectivity index (χ1n) is 5.08. The normalized spacial score (nSPS) is 18.7. The van der Waals surface area contributed by atoms with Gasteiger partial charge in [0.15, 0.2) is 0 Å². The molecule has 2 rings (SSSR count). The SMILES string of the molecule is CC1(C)C(=O)NC(=O)CN1C(=O)c1nonc1N. The van der Waals surface area contributed by atoms with Crippen molar-refractivity contribution in [3.05, 3.63) is 5.69 Å². The maximum Gasteiger partial charge on any atom is 0.281 e. The van der Waals surface area contributed by atoms with Crippen molar-refractivity contribution in [2.75, 3.05) is 12.3 Å². The van der Waals surface area contributed by atoms with E-state index in [1.54, 1.807) is 0 Å². The summed E-state index contributed by atoms with van der Waals surface area (Å²) >= 11 is 0. The van der Waals surface area contributed by atoms with Crippen molar-refractivity contribution < 1.29 is 19.0 Å². The van der Waals surface area contributed by atoms with Crippen LogP contribution in [0.4, 0.5) is 5.82 Å². The number of rotatable bonds is 1. The molecule has 1 aromatic heterocycles. The molecule has 0 atom stereocenters. The standard InChI is InChI=1S/C9H11N5O4/c1-9(2)8(17)11-4(15)3-14(9)7(16)5-6(10)13-18-12-5/h3H2,1-2H3,(H2,10,13)(H,11,15,17). The summed E-state index contributed by atoms with van der Waals surface area (Å²) in [7, 11) is 0. The second-order valence-corrected chi connectivity index (χ2v) is 4.33.